The highest BCUT2D eigenvalue weighted by Gasteiger charge is 1.99. The molecule has 0 saturated heterocycles. The molecule has 1 N–H and O–H groups in total. The first-order chi connectivity index (χ1) is 8.27. The van der Waals surface area contributed by atoms with Crippen molar-refractivity contribution >= 4 is 22.4 Å². The van der Waals surface area contributed by atoms with Crippen molar-refractivity contribution in [2.75, 3.05) is 18.5 Å². The van der Waals surface area contributed by atoms with E-state index in [2.05, 4.69) is 23.5 Å². The average Bonchev–Trinajstić information content (AvgIpc) is 2.34. The fraction of sp³-hybridized carbons (Fsp3) is 0.214. The van der Waals surface area contributed by atoms with E-state index in [0.717, 1.165) is 5.69 Å². The molecule has 0 fully saturated rings. The number of anilines is 1. The number of rotatable bonds is 4. The first-order valence-electron chi connectivity index (χ1n) is 5.62. The van der Waals surface area contributed by atoms with Crippen molar-refractivity contribution in [3.8, 4) is 0 Å². The zero-order valence-corrected chi connectivity index (χ0v) is 9.77. The molecule has 0 aliphatic carbocycles. The molecular weight excluding hydrogens is 214 g/mol. The Bertz CT molecular complexity index is 517. The molecule has 0 unspecified atom stereocenters. The predicted octanol–water partition coefficient (Wildman–Crippen LogP) is 2.81. The maximum absolute atomic E-state index is 10.6. The van der Waals surface area contributed by atoms with Crippen LogP contribution in [0.3, 0.4) is 0 Å². The minimum atomic E-state index is -0.246. The largest absolute Gasteiger partial charge is 0.464 e. The molecule has 0 aliphatic heterocycles. The maximum Gasteiger partial charge on any atom is 0.302 e. The number of hydrogen-bond acceptors (Lipinski definition) is 3. The zero-order valence-electron chi connectivity index (χ0n) is 9.77. The monoisotopic (exact) mass is 229 g/mol. The Labute approximate surface area is 100 Å². The van der Waals surface area contributed by atoms with Crippen LogP contribution in [0.25, 0.3) is 10.8 Å². The van der Waals surface area contributed by atoms with Gasteiger partial charge in [-0.05, 0) is 11.5 Å². The van der Waals surface area contributed by atoms with Gasteiger partial charge in [0.25, 0.3) is 0 Å². The van der Waals surface area contributed by atoms with Gasteiger partial charge in [-0.15, -0.1) is 0 Å². The fourth-order valence-corrected chi connectivity index (χ4v) is 1.76. The van der Waals surface area contributed by atoms with Crippen molar-refractivity contribution in [3.63, 3.8) is 0 Å². The summed E-state index contributed by atoms with van der Waals surface area (Å²) in [6, 6.07) is 14.3. The molecule has 0 bridgehead atoms. The molecule has 3 heteroatoms. The topological polar surface area (TPSA) is 38.3 Å². The van der Waals surface area contributed by atoms with Crippen molar-refractivity contribution in [1.29, 1.82) is 0 Å². The number of carbonyl (C=O) groups is 1. The minimum absolute atomic E-state index is 0.246. The van der Waals surface area contributed by atoms with Crippen LogP contribution in [0, 0.1) is 0 Å². The Morgan fingerprint density at radius 3 is 2.76 bits per heavy atom. The lowest BCUT2D eigenvalue weighted by Gasteiger charge is -2.09. The van der Waals surface area contributed by atoms with Crippen LogP contribution in [0.2, 0.25) is 0 Å². The molecule has 0 spiro atoms. The zero-order chi connectivity index (χ0) is 12.1. The first-order valence-corrected chi connectivity index (χ1v) is 5.62. The van der Waals surface area contributed by atoms with E-state index < -0.39 is 0 Å². The molecule has 3 nitrogen and oxygen atoms in total. The van der Waals surface area contributed by atoms with Gasteiger partial charge in [0.1, 0.15) is 6.61 Å². The molecule has 0 aromatic heterocycles. The smallest absolute Gasteiger partial charge is 0.302 e. The predicted molar refractivity (Wildman–Crippen MR) is 69.1 cm³/mol. The average molecular weight is 229 g/mol. The van der Waals surface area contributed by atoms with E-state index in [4.69, 9.17) is 4.74 Å². The molecule has 2 rings (SSSR count). The summed E-state index contributed by atoms with van der Waals surface area (Å²) < 4.78 is 4.87. The highest BCUT2D eigenvalue weighted by Crippen LogP contribution is 2.22. The first kappa shape index (κ1) is 11.5. The molecule has 0 atom stereocenters. The summed E-state index contributed by atoms with van der Waals surface area (Å²) in [4.78, 5) is 10.6. The van der Waals surface area contributed by atoms with Gasteiger partial charge < -0.3 is 10.1 Å². The van der Waals surface area contributed by atoms with Crippen LogP contribution in [0.15, 0.2) is 42.5 Å². The van der Waals surface area contributed by atoms with Gasteiger partial charge in [0, 0.05) is 24.5 Å². The molecule has 2 aromatic carbocycles. The van der Waals surface area contributed by atoms with Gasteiger partial charge in [0.2, 0.25) is 0 Å². The van der Waals surface area contributed by atoms with E-state index in [1.54, 1.807) is 0 Å². The molecule has 0 aliphatic rings. The Balaban J connectivity index is 2.05. The van der Waals surface area contributed by atoms with Gasteiger partial charge in [-0.25, -0.2) is 0 Å². The van der Waals surface area contributed by atoms with E-state index in [0.29, 0.717) is 13.2 Å². The van der Waals surface area contributed by atoms with Crippen molar-refractivity contribution in [3.05, 3.63) is 42.5 Å². The van der Waals surface area contributed by atoms with Crippen LogP contribution in [0.4, 0.5) is 5.69 Å². The lowest BCUT2D eigenvalue weighted by atomic mass is 10.1. The summed E-state index contributed by atoms with van der Waals surface area (Å²) in [7, 11) is 0. The molecule has 88 valence electrons. The van der Waals surface area contributed by atoms with Crippen molar-refractivity contribution in [2.24, 2.45) is 0 Å². The minimum Gasteiger partial charge on any atom is -0.464 e. The molecule has 0 amide bonds. The quantitative estimate of drug-likeness (QED) is 0.647. The van der Waals surface area contributed by atoms with Crippen molar-refractivity contribution in [2.45, 2.75) is 6.92 Å². The number of esters is 1. The highest BCUT2D eigenvalue weighted by molar-refractivity contribution is 5.93. The third kappa shape index (κ3) is 2.97. The summed E-state index contributed by atoms with van der Waals surface area (Å²) in [5.41, 5.74) is 1.07. The van der Waals surface area contributed by atoms with Crippen LogP contribution < -0.4 is 5.32 Å². The van der Waals surface area contributed by atoms with E-state index in [1.165, 1.54) is 17.7 Å². The third-order valence-corrected chi connectivity index (χ3v) is 2.51. The van der Waals surface area contributed by atoms with Gasteiger partial charge in [-0.2, -0.15) is 0 Å². The van der Waals surface area contributed by atoms with Crippen molar-refractivity contribution < 1.29 is 9.53 Å². The number of hydrogen-bond donors (Lipinski definition) is 1. The number of benzene rings is 2. The lowest BCUT2D eigenvalue weighted by Crippen LogP contribution is -2.11. The number of ether oxygens (including phenoxy) is 1. The van der Waals surface area contributed by atoms with Crippen LogP contribution in [-0.4, -0.2) is 19.1 Å². The summed E-state index contributed by atoms with van der Waals surface area (Å²) >= 11 is 0. The number of nitrogens with one attached hydrogen (secondary N) is 1. The van der Waals surface area contributed by atoms with Gasteiger partial charge in [-0.3, -0.25) is 4.79 Å². The number of carbonyl (C=O) groups excluding carboxylic acids is 1. The third-order valence-electron chi connectivity index (χ3n) is 2.51. The van der Waals surface area contributed by atoms with E-state index >= 15 is 0 Å². The Hall–Kier alpha value is -2.03. The standard InChI is InChI=1S/C14H15NO2/c1-11(16)17-10-9-15-14-8-4-6-12-5-2-3-7-13(12)14/h2-8,15H,9-10H2,1H3. The molecule has 17 heavy (non-hydrogen) atoms. The summed E-state index contributed by atoms with van der Waals surface area (Å²) in [6.45, 7) is 2.42. The van der Waals surface area contributed by atoms with Crippen LogP contribution in [0.5, 0.6) is 0 Å². The van der Waals surface area contributed by atoms with Crippen LogP contribution in [0.1, 0.15) is 6.92 Å². The van der Waals surface area contributed by atoms with Gasteiger partial charge >= 0.3 is 5.97 Å². The van der Waals surface area contributed by atoms with E-state index in [9.17, 15) is 4.79 Å². The molecule has 2 aromatic rings. The molecular formula is C14H15NO2. The second kappa shape index (κ2) is 5.34. The number of fused-ring (bicyclic) bond motifs is 1. The normalized spacial score (nSPS) is 10.2. The second-order valence-electron chi connectivity index (χ2n) is 3.79. The Morgan fingerprint density at radius 1 is 1.18 bits per heavy atom. The Kier molecular flexibility index (Phi) is 3.60. The highest BCUT2D eigenvalue weighted by atomic mass is 16.5. The molecule has 0 heterocycles. The maximum atomic E-state index is 10.6. The summed E-state index contributed by atoms with van der Waals surface area (Å²) in [5, 5.41) is 5.64. The van der Waals surface area contributed by atoms with Gasteiger partial charge in [-0.1, -0.05) is 36.4 Å². The van der Waals surface area contributed by atoms with Gasteiger partial charge in [0.05, 0.1) is 0 Å². The van der Waals surface area contributed by atoms with E-state index in [1.807, 2.05) is 24.3 Å². The van der Waals surface area contributed by atoms with Gasteiger partial charge in [0.15, 0.2) is 0 Å². The summed E-state index contributed by atoms with van der Waals surface area (Å²) in [6.07, 6.45) is 0. The fourth-order valence-electron chi connectivity index (χ4n) is 1.76. The summed E-state index contributed by atoms with van der Waals surface area (Å²) in [5.74, 6) is -0.246. The van der Waals surface area contributed by atoms with Crippen LogP contribution >= 0.6 is 0 Å². The Morgan fingerprint density at radius 2 is 1.94 bits per heavy atom. The van der Waals surface area contributed by atoms with Crippen LogP contribution in [-0.2, 0) is 9.53 Å². The molecule has 0 saturated carbocycles. The SMILES string of the molecule is CC(=O)OCCNc1cccc2ccccc12. The van der Waals surface area contributed by atoms with Crippen molar-refractivity contribution in [1.82, 2.24) is 0 Å². The second-order valence-corrected chi connectivity index (χ2v) is 3.79. The molecule has 0 radical (unpaired) electrons. The van der Waals surface area contributed by atoms with E-state index in [-0.39, 0.29) is 5.97 Å². The lowest BCUT2D eigenvalue weighted by molar-refractivity contribution is -0.140.